The van der Waals surface area contributed by atoms with Crippen LogP contribution < -0.4 is 4.74 Å². The number of hydrogen-bond donors (Lipinski definition) is 0. The number of benzene rings is 1. The molecule has 0 radical (unpaired) electrons. The van der Waals surface area contributed by atoms with Crippen LogP contribution in [-0.2, 0) is 6.42 Å². The van der Waals surface area contributed by atoms with E-state index in [0.29, 0.717) is 5.88 Å². The van der Waals surface area contributed by atoms with Crippen molar-refractivity contribution in [2.24, 2.45) is 0 Å². The number of ether oxygens (including phenoxy) is 1. The van der Waals surface area contributed by atoms with Gasteiger partial charge in [-0.05, 0) is 64.9 Å². The van der Waals surface area contributed by atoms with Crippen LogP contribution in [0.5, 0.6) is 11.6 Å². The molecule has 3 aromatic rings. The van der Waals surface area contributed by atoms with E-state index >= 15 is 0 Å². The molecule has 0 bridgehead atoms. The molecule has 0 spiro atoms. The first-order valence-corrected chi connectivity index (χ1v) is 8.32. The van der Waals surface area contributed by atoms with E-state index < -0.39 is 0 Å². The quantitative estimate of drug-likeness (QED) is 0.429. The lowest BCUT2D eigenvalue weighted by molar-refractivity contribution is 0.468. The summed E-state index contributed by atoms with van der Waals surface area (Å²) in [6.45, 7) is 2.11. The van der Waals surface area contributed by atoms with Gasteiger partial charge in [0.1, 0.15) is 10.6 Å². The van der Waals surface area contributed by atoms with Gasteiger partial charge in [-0.1, -0.05) is 13.0 Å². The number of fused-ring (bicyclic) bond motifs is 1. The standard InChI is InChI=1S/C14H10ClIN2OS/c1-2-10-7-11-12(17-14(15)18-13(11)20-10)19-9-5-3-4-8(16)6-9/h3-7H,2H2,1H3. The van der Waals surface area contributed by atoms with Gasteiger partial charge in [0, 0.05) is 8.45 Å². The minimum absolute atomic E-state index is 0.211. The normalized spacial score (nSPS) is 10.9. The summed E-state index contributed by atoms with van der Waals surface area (Å²) in [5.74, 6) is 1.26. The predicted octanol–water partition coefficient (Wildman–Crippen LogP) is 5.30. The van der Waals surface area contributed by atoms with Crippen molar-refractivity contribution in [3.05, 3.63) is 44.1 Å². The minimum atomic E-state index is 0.211. The summed E-state index contributed by atoms with van der Waals surface area (Å²) in [5.41, 5.74) is 0. The van der Waals surface area contributed by atoms with Crippen molar-refractivity contribution >= 4 is 55.7 Å². The van der Waals surface area contributed by atoms with Crippen LogP contribution in [0.4, 0.5) is 0 Å². The molecule has 1 aromatic carbocycles. The molecule has 3 rings (SSSR count). The molecule has 0 saturated heterocycles. The molecule has 6 heteroatoms. The first-order valence-electron chi connectivity index (χ1n) is 6.05. The monoisotopic (exact) mass is 416 g/mol. The Kier molecular flexibility index (Phi) is 4.09. The van der Waals surface area contributed by atoms with Crippen molar-refractivity contribution in [1.82, 2.24) is 9.97 Å². The predicted molar refractivity (Wildman–Crippen MR) is 91.0 cm³/mol. The molecule has 2 aromatic heterocycles. The van der Waals surface area contributed by atoms with Gasteiger partial charge in [0.25, 0.3) is 0 Å². The van der Waals surface area contributed by atoms with Crippen LogP contribution in [0.2, 0.25) is 5.28 Å². The van der Waals surface area contributed by atoms with Crippen LogP contribution in [-0.4, -0.2) is 9.97 Å². The zero-order chi connectivity index (χ0) is 14.1. The van der Waals surface area contributed by atoms with Crippen LogP contribution in [0.1, 0.15) is 11.8 Å². The second-order valence-corrected chi connectivity index (χ2v) is 6.84. The highest BCUT2D eigenvalue weighted by molar-refractivity contribution is 14.1. The average Bonchev–Trinajstić information content (AvgIpc) is 2.82. The van der Waals surface area contributed by atoms with Crippen molar-refractivity contribution in [2.45, 2.75) is 13.3 Å². The van der Waals surface area contributed by atoms with Gasteiger partial charge in [-0.2, -0.15) is 4.98 Å². The van der Waals surface area contributed by atoms with E-state index in [9.17, 15) is 0 Å². The topological polar surface area (TPSA) is 35.0 Å². The lowest BCUT2D eigenvalue weighted by atomic mass is 10.3. The van der Waals surface area contributed by atoms with Crippen LogP contribution in [0.15, 0.2) is 30.3 Å². The molecule has 102 valence electrons. The van der Waals surface area contributed by atoms with E-state index in [1.54, 1.807) is 11.3 Å². The Labute approximate surface area is 139 Å². The molecule has 0 fully saturated rings. The van der Waals surface area contributed by atoms with Crippen LogP contribution in [0.3, 0.4) is 0 Å². The molecule has 2 heterocycles. The van der Waals surface area contributed by atoms with E-state index in [2.05, 4.69) is 45.5 Å². The first-order chi connectivity index (χ1) is 9.65. The molecule has 0 atom stereocenters. The number of halogens is 2. The summed E-state index contributed by atoms with van der Waals surface area (Å²) >= 11 is 9.85. The summed E-state index contributed by atoms with van der Waals surface area (Å²) in [4.78, 5) is 10.6. The molecule has 0 unspecified atom stereocenters. The van der Waals surface area contributed by atoms with E-state index in [1.165, 1.54) is 4.88 Å². The van der Waals surface area contributed by atoms with Gasteiger partial charge in [0.05, 0.1) is 5.39 Å². The maximum absolute atomic E-state index is 5.98. The fourth-order valence-corrected chi connectivity index (χ4v) is 3.50. The Morgan fingerprint density at radius 1 is 1.30 bits per heavy atom. The molecule has 0 aliphatic rings. The molecule has 20 heavy (non-hydrogen) atoms. The molecule has 0 N–H and O–H groups in total. The van der Waals surface area contributed by atoms with Gasteiger partial charge in [0.15, 0.2) is 0 Å². The third kappa shape index (κ3) is 2.89. The van der Waals surface area contributed by atoms with Gasteiger partial charge >= 0.3 is 0 Å². The van der Waals surface area contributed by atoms with Crippen LogP contribution in [0.25, 0.3) is 10.2 Å². The van der Waals surface area contributed by atoms with E-state index in [1.807, 2.05) is 24.3 Å². The summed E-state index contributed by atoms with van der Waals surface area (Å²) in [6, 6.07) is 9.88. The van der Waals surface area contributed by atoms with Crippen molar-refractivity contribution in [3.8, 4) is 11.6 Å². The molecule has 3 nitrogen and oxygen atoms in total. The largest absolute Gasteiger partial charge is 0.438 e. The lowest BCUT2D eigenvalue weighted by Gasteiger charge is -2.06. The highest BCUT2D eigenvalue weighted by Gasteiger charge is 2.12. The Bertz CT molecular complexity index is 775. The van der Waals surface area contributed by atoms with Crippen molar-refractivity contribution in [2.75, 3.05) is 0 Å². The van der Waals surface area contributed by atoms with Crippen LogP contribution >= 0.6 is 45.5 Å². The van der Waals surface area contributed by atoms with E-state index in [0.717, 1.165) is 26.0 Å². The zero-order valence-electron chi connectivity index (χ0n) is 10.6. The zero-order valence-corrected chi connectivity index (χ0v) is 14.3. The first kappa shape index (κ1) is 14.0. The fraction of sp³-hybridized carbons (Fsp3) is 0.143. The number of hydrogen-bond acceptors (Lipinski definition) is 4. The van der Waals surface area contributed by atoms with Gasteiger partial charge < -0.3 is 4.74 Å². The number of aromatic nitrogens is 2. The van der Waals surface area contributed by atoms with E-state index in [4.69, 9.17) is 16.3 Å². The highest BCUT2D eigenvalue weighted by atomic mass is 127. The molecular formula is C14H10ClIN2OS. The summed E-state index contributed by atoms with van der Waals surface area (Å²) in [7, 11) is 0. The number of aryl methyl sites for hydroxylation is 1. The Balaban J connectivity index is 2.08. The van der Waals surface area contributed by atoms with Crippen LogP contribution in [0, 0.1) is 3.57 Å². The highest BCUT2D eigenvalue weighted by Crippen LogP contribution is 2.34. The fourth-order valence-electron chi connectivity index (χ4n) is 1.81. The summed E-state index contributed by atoms with van der Waals surface area (Å²) in [6.07, 6.45) is 0.960. The second kappa shape index (κ2) is 5.83. The van der Waals surface area contributed by atoms with Crippen molar-refractivity contribution in [1.29, 1.82) is 0 Å². The third-order valence-corrected chi connectivity index (χ3v) is 4.75. The smallest absolute Gasteiger partial charge is 0.232 e. The lowest BCUT2D eigenvalue weighted by Crippen LogP contribution is -1.91. The maximum atomic E-state index is 5.98. The minimum Gasteiger partial charge on any atom is -0.438 e. The number of nitrogens with zero attached hydrogens (tertiary/aromatic N) is 2. The molecule has 0 amide bonds. The second-order valence-electron chi connectivity index (χ2n) is 4.14. The SMILES string of the molecule is CCc1cc2c(Oc3cccc(I)c3)nc(Cl)nc2s1. The van der Waals surface area contributed by atoms with Crippen molar-refractivity contribution < 1.29 is 4.74 Å². The average molecular weight is 417 g/mol. The van der Waals surface area contributed by atoms with Gasteiger partial charge in [-0.15, -0.1) is 11.3 Å². The molecule has 0 aliphatic carbocycles. The molecule has 0 aliphatic heterocycles. The number of thiophene rings is 1. The van der Waals surface area contributed by atoms with Gasteiger partial charge in [0.2, 0.25) is 11.2 Å². The Morgan fingerprint density at radius 3 is 2.90 bits per heavy atom. The van der Waals surface area contributed by atoms with Gasteiger partial charge in [-0.25, -0.2) is 4.98 Å². The number of rotatable bonds is 3. The molecule has 0 saturated carbocycles. The maximum Gasteiger partial charge on any atom is 0.232 e. The molecular weight excluding hydrogens is 407 g/mol. The van der Waals surface area contributed by atoms with E-state index in [-0.39, 0.29) is 5.28 Å². The summed E-state index contributed by atoms with van der Waals surface area (Å²) < 4.78 is 6.98. The Hall–Kier alpha value is -0.920. The van der Waals surface area contributed by atoms with Crippen molar-refractivity contribution in [3.63, 3.8) is 0 Å². The van der Waals surface area contributed by atoms with Gasteiger partial charge in [-0.3, -0.25) is 0 Å². The summed E-state index contributed by atoms with van der Waals surface area (Å²) in [5, 5.41) is 1.12. The third-order valence-electron chi connectivity index (χ3n) is 2.74. The Morgan fingerprint density at radius 2 is 2.15 bits per heavy atom.